The van der Waals surface area contributed by atoms with Crippen LogP contribution in [0.15, 0.2) is 26.5 Å². The Labute approximate surface area is 145 Å². The molecule has 0 aliphatic carbocycles. The van der Waals surface area contributed by atoms with Gasteiger partial charge < -0.3 is 4.74 Å². The third kappa shape index (κ3) is 4.14. The highest BCUT2D eigenvalue weighted by Gasteiger charge is 2.18. The molecule has 1 aromatic carbocycles. The highest BCUT2D eigenvalue weighted by atomic mass is 79.9. The lowest BCUT2D eigenvalue weighted by molar-refractivity contribution is 0.112. The molecule has 2 aromatic rings. The first kappa shape index (κ1) is 16.6. The minimum absolute atomic E-state index is 0.0432. The maximum atomic E-state index is 10.8. The molecule has 1 heterocycles. The van der Waals surface area contributed by atoms with Crippen molar-refractivity contribution in [1.29, 1.82) is 0 Å². The first-order valence-electron chi connectivity index (χ1n) is 6.33. The second-order valence-electron chi connectivity index (χ2n) is 5.60. The van der Waals surface area contributed by atoms with E-state index in [1.54, 1.807) is 23.5 Å². The Morgan fingerprint density at radius 1 is 1.29 bits per heavy atom. The van der Waals surface area contributed by atoms with Gasteiger partial charge in [-0.1, -0.05) is 20.8 Å². The second-order valence-corrected chi connectivity index (χ2v) is 8.25. The van der Waals surface area contributed by atoms with Crippen LogP contribution in [-0.2, 0) is 12.0 Å². The van der Waals surface area contributed by atoms with Gasteiger partial charge in [-0.15, -0.1) is 11.3 Å². The molecule has 0 atom stereocenters. The number of thiazole rings is 1. The van der Waals surface area contributed by atoms with Crippen molar-refractivity contribution in [3.8, 4) is 5.75 Å². The van der Waals surface area contributed by atoms with Crippen LogP contribution in [0.1, 0.15) is 41.8 Å². The van der Waals surface area contributed by atoms with Crippen LogP contribution in [0, 0.1) is 0 Å². The van der Waals surface area contributed by atoms with Gasteiger partial charge in [0.2, 0.25) is 0 Å². The van der Waals surface area contributed by atoms with Crippen LogP contribution in [0.25, 0.3) is 0 Å². The molecule has 21 heavy (non-hydrogen) atoms. The quantitative estimate of drug-likeness (QED) is 0.610. The lowest BCUT2D eigenvalue weighted by atomic mass is 9.93. The summed E-state index contributed by atoms with van der Waals surface area (Å²) in [6.07, 6.45) is 0.801. The van der Waals surface area contributed by atoms with Gasteiger partial charge in [-0.2, -0.15) is 0 Å². The number of carbonyl (C=O) groups is 1. The zero-order chi connectivity index (χ0) is 15.6. The van der Waals surface area contributed by atoms with E-state index >= 15 is 0 Å². The number of rotatable bonds is 4. The monoisotopic (exact) mass is 431 g/mol. The fourth-order valence-corrected chi connectivity index (χ4v) is 4.02. The number of nitrogens with zero attached hydrogens (tertiary/aromatic N) is 1. The molecule has 0 saturated heterocycles. The summed E-state index contributed by atoms with van der Waals surface area (Å²) in [5.41, 5.74) is 1.70. The van der Waals surface area contributed by atoms with E-state index in [-0.39, 0.29) is 5.41 Å². The van der Waals surface area contributed by atoms with E-state index in [4.69, 9.17) is 4.74 Å². The molecule has 112 valence electrons. The fourth-order valence-electron chi connectivity index (χ4n) is 1.64. The third-order valence-electron chi connectivity index (χ3n) is 2.82. The number of halogens is 2. The molecule has 2 rings (SSSR count). The summed E-state index contributed by atoms with van der Waals surface area (Å²) < 4.78 is 7.30. The van der Waals surface area contributed by atoms with Gasteiger partial charge in [0.05, 0.1) is 14.6 Å². The Bertz CT molecular complexity index is 639. The summed E-state index contributed by atoms with van der Waals surface area (Å²) in [6, 6.07) is 3.46. The van der Waals surface area contributed by atoms with Crippen LogP contribution >= 0.6 is 43.2 Å². The maximum absolute atomic E-state index is 10.8. The van der Waals surface area contributed by atoms with E-state index in [1.807, 2.05) is 0 Å². The van der Waals surface area contributed by atoms with Crippen LogP contribution in [0.4, 0.5) is 0 Å². The van der Waals surface area contributed by atoms with Gasteiger partial charge in [0.15, 0.2) is 0 Å². The summed E-state index contributed by atoms with van der Waals surface area (Å²) in [6.45, 7) is 6.81. The second kappa shape index (κ2) is 6.58. The zero-order valence-electron chi connectivity index (χ0n) is 11.9. The predicted octanol–water partition coefficient (Wildman–Crippen LogP) is 5.36. The smallest absolute Gasteiger partial charge is 0.150 e. The van der Waals surface area contributed by atoms with Gasteiger partial charge in [-0.25, -0.2) is 4.98 Å². The van der Waals surface area contributed by atoms with Gasteiger partial charge in [0.1, 0.15) is 23.7 Å². The van der Waals surface area contributed by atoms with Gasteiger partial charge in [-0.3, -0.25) is 4.79 Å². The van der Waals surface area contributed by atoms with E-state index in [0.717, 1.165) is 25.9 Å². The first-order chi connectivity index (χ1) is 9.81. The van der Waals surface area contributed by atoms with Crippen molar-refractivity contribution in [2.75, 3.05) is 0 Å². The summed E-state index contributed by atoms with van der Waals surface area (Å²) >= 11 is 8.43. The van der Waals surface area contributed by atoms with Crippen LogP contribution in [0.5, 0.6) is 5.75 Å². The predicted molar refractivity (Wildman–Crippen MR) is 92.4 cm³/mol. The SMILES string of the molecule is CC(C)(C)c1csc(COc2c(Br)cc(C=O)cc2Br)n1. The molecule has 0 fully saturated rings. The highest BCUT2D eigenvalue weighted by Crippen LogP contribution is 2.35. The van der Waals surface area contributed by atoms with Crippen LogP contribution in [0.3, 0.4) is 0 Å². The maximum Gasteiger partial charge on any atom is 0.150 e. The van der Waals surface area contributed by atoms with Crippen LogP contribution in [-0.4, -0.2) is 11.3 Å². The molecule has 6 heteroatoms. The van der Waals surface area contributed by atoms with E-state index in [9.17, 15) is 4.79 Å². The largest absolute Gasteiger partial charge is 0.484 e. The van der Waals surface area contributed by atoms with Gasteiger partial charge in [-0.05, 0) is 44.0 Å². The van der Waals surface area contributed by atoms with Crippen LogP contribution in [0.2, 0.25) is 0 Å². The number of benzene rings is 1. The van der Waals surface area contributed by atoms with Crippen molar-refractivity contribution >= 4 is 49.5 Å². The Hall–Kier alpha value is -0.720. The molecule has 0 amide bonds. The van der Waals surface area contributed by atoms with Crippen molar-refractivity contribution in [2.45, 2.75) is 32.8 Å². The molecular weight excluding hydrogens is 418 g/mol. The van der Waals surface area contributed by atoms with Crippen LogP contribution < -0.4 is 4.74 Å². The van der Waals surface area contributed by atoms with E-state index in [2.05, 4.69) is 63.0 Å². The molecule has 1 aromatic heterocycles. The lowest BCUT2D eigenvalue weighted by Gasteiger charge is -2.14. The number of hydrogen-bond donors (Lipinski definition) is 0. The Morgan fingerprint density at radius 3 is 2.38 bits per heavy atom. The molecule has 0 aliphatic heterocycles. The van der Waals surface area contributed by atoms with Gasteiger partial charge in [0, 0.05) is 16.4 Å². The number of aromatic nitrogens is 1. The average molecular weight is 433 g/mol. The Morgan fingerprint density at radius 2 is 1.90 bits per heavy atom. The average Bonchev–Trinajstić information content (AvgIpc) is 2.86. The minimum atomic E-state index is 0.0432. The number of ether oxygens (including phenoxy) is 1. The van der Waals surface area contributed by atoms with Crippen molar-refractivity contribution in [3.63, 3.8) is 0 Å². The third-order valence-corrected chi connectivity index (χ3v) is 4.82. The van der Waals surface area contributed by atoms with E-state index in [1.165, 1.54) is 0 Å². The summed E-state index contributed by atoms with van der Waals surface area (Å²) in [5.74, 6) is 0.674. The fraction of sp³-hybridized carbons (Fsp3) is 0.333. The normalized spacial score (nSPS) is 11.5. The first-order valence-corrected chi connectivity index (χ1v) is 8.79. The molecule has 0 unspecified atom stereocenters. The molecule has 0 bridgehead atoms. The molecular formula is C15H15Br2NO2S. The summed E-state index contributed by atoms with van der Waals surface area (Å²) in [4.78, 5) is 15.4. The molecule has 0 radical (unpaired) electrons. The van der Waals surface area contributed by atoms with Crippen molar-refractivity contribution < 1.29 is 9.53 Å². The number of carbonyl (C=O) groups excluding carboxylic acids is 1. The van der Waals surface area contributed by atoms with E-state index < -0.39 is 0 Å². The Balaban J connectivity index is 2.13. The van der Waals surface area contributed by atoms with Gasteiger partial charge in [0.25, 0.3) is 0 Å². The lowest BCUT2D eigenvalue weighted by Crippen LogP contribution is -2.11. The van der Waals surface area contributed by atoms with Crippen molar-refractivity contribution in [1.82, 2.24) is 4.98 Å². The molecule has 0 N–H and O–H groups in total. The highest BCUT2D eigenvalue weighted by molar-refractivity contribution is 9.11. The summed E-state index contributed by atoms with van der Waals surface area (Å²) in [5, 5.41) is 3.00. The molecule has 0 saturated carbocycles. The molecule has 0 spiro atoms. The summed E-state index contributed by atoms with van der Waals surface area (Å²) in [7, 11) is 0. The van der Waals surface area contributed by atoms with Crippen molar-refractivity contribution in [2.24, 2.45) is 0 Å². The molecule has 3 nitrogen and oxygen atoms in total. The Kier molecular flexibility index (Phi) is 5.22. The zero-order valence-corrected chi connectivity index (χ0v) is 15.9. The number of aldehydes is 1. The van der Waals surface area contributed by atoms with E-state index in [0.29, 0.717) is 17.9 Å². The number of hydrogen-bond acceptors (Lipinski definition) is 4. The van der Waals surface area contributed by atoms with Gasteiger partial charge >= 0.3 is 0 Å². The topological polar surface area (TPSA) is 39.2 Å². The molecule has 0 aliphatic rings. The standard InChI is InChI=1S/C15H15Br2NO2S/c1-15(2,3)12-8-21-13(18-12)7-20-14-10(16)4-9(6-19)5-11(14)17/h4-6,8H,7H2,1-3H3. The van der Waals surface area contributed by atoms with Crippen molar-refractivity contribution in [3.05, 3.63) is 42.7 Å². The minimum Gasteiger partial charge on any atom is -0.484 e.